The summed E-state index contributed by atoms with van der Waals surface area (Å²) in [6, 6.07) is 6.96. The molecule has 2 aliphatic rings. The van der Waals surface area contributed by atoms with Crippen molar-refractivity contribution >= 4 is 5.96 Å². The van der Waals surface area contributed by atoms with Crippen molar-refractivity contribution in [1.29, 1.82) is 0 Å². The maximum absolute atomic E-state index is 6.17. The van der Waals surface area contributed by atoms with Crippen molar-refractivity contribution in [3.05, 3.63) is 29.3 Å². The lowest BCUT2D eigenvalue weighted by Gasteiger charge is -2.18. The van der Waals surface area contributed by atoms with Crippen LogP contribution in [-0.2, 0) is 11.3 Å². The lowest BCUT2D eigenvalue weighted by molar-refractivity contribution is 0.140. The Morgan fingerprint density at radius 2 is 2.28 bits per heavy atom. The third kappa shape index (κ3) is 5.11. The van der Waals surface area contributed by atoms with Gasteiger partial charge in [-0.1, -0.05) is 25.5 Å². The molecule has 1 aromatic rings. The SMILES string of the molecule is CCCC1CC1NC(=NC)NCc1ccc(C)cc1OC1CCOC1. The first-order valence-electron chi connectivity index (χ1n) is 9.50. The van der Waals surface area contributed by atoms with E-state index in [1.165, 1.54) is 24.8 Å². The van der Waals surface area contributed by atoms with Gasteiger partial charge in [0.1, 0.15) is 11.9 Å². The molecule has 0 amide bonds. The second-order valence-electron chi connectivity index (χ2n) is 7.18. The lowest BCUT2D eigenvalue weighted by atomic mass is 10.1. The van der Waals surface area contributed by atoms with Crippen LogP contribution in [0.2, 0.25) is 0 Å². The number of aliphatic imine (C=N–C) groups is 1. The average Bonchev–Trinajstić information content (AvgIpc) is 3.11. The van der Waals surface area contributed by atoms with E-state index in [1.54, 1.807) is 0 Å². The number of benzene rings is 1. The molecule has 1 aliphatic carbocycles. The second-order valence-corrected chi connectivity index (χ2v) is 7.18. The predicted octanol–water partition coefficient (Wildman–Crippen LogP) is 3.02. The van der Waals surface area contributed by atoms with Crippen molar-refractivity contribution in [3.8, 4) is 5.75 Å². The number of rotatable bonds is 7. The van der Waals surface area contributed by atoms with Gasteiger partial charge in [0.2, 0.25) is 0 Å². The molecular weight excluding hydrogens is 314 g/mol. The Morgan fingerprint density at radius 3 is 3.00 bits per heavy atom. The summed E-state index contributed by atoms with van der Waals surface area (Å²) < 4.78 is 11.6. The summed E-state index contributed by atoms with van der Waals surface area (Å²) in [5.41, 5.74) is 2.36. The zero-order valence-electron chi connectivity index (χ0n) is 15.7. The standard InChI is InChI=1S/C20H31N3O2/c1-4-5-15-11-18(15)23-20(21-3)22-12-16-7-6-14(2)10-19(16)25-17-8-9-24-13-17/h6-7,10,15,17-18H,4-5,8-9,11-13H2,1-3H3,(H2,21,22,23). The maximum Gasteiger partial charge on any atom is 0.191 e. The highest BCUT2D eigenvalue weighted by atomic mass is 16.5. The van der Waals surface area contributed by atoms with Crippen LogP contribution in [0.1, 0.15) is 43.7 Å². The maximum atomic E-state index is 6.17. The van der Waals surface area contributed by atoms with Crippen LogP contribution in [0.3, 0.4) is 0 Å². The van der Waals surface area contributed by atoms with Crippen LogP contribution in [0.5, 0.6) is 5.75 Å². The number of hydrogen-bond acceptors (Lipinski definition) is 3. The Bertz CT molecular complexity index is 597. The van der Waals surface area contributed by atoms with Crippen LogP contribution in [0.25, 0.3) is 0 Å². The summed E-state index contributed by atoms with van der Waals surface area (Å²) in [7, 11) is 1.83. The molecule has 5 heteroatoms. The molecule has 1 heterocycles. The summed E-state index contributed by atoms with van der Waals surface area (Å²) >= 11 is 0. The highest BCUT2D eigenvalue weighted by Crippen LogP contribution is 2.34. The van der Waals surface area contributed by atoms with Crippen LogP contribution in [0, 0.1) is 12.8 Å². The van der Waals surface area contributed by atoms with E-state index in [-0.39, 0.29) is 6.10 Å². The smallest absolute Gasteiger partial charge is 0.191 e. The minimum Gasteiger partial charge on any atom is -0.488 e. The Hall–Kier alpha value is -1.75. The monoisotopic (exact) mass is 345 g/mol. The molecule has 1 aliphatic heterocycles. The first kappa shape index (κ1) is 18.1. The van der Waals surface area contributed by atoms with Gasteiger partial charge in [0, 0.05) is 31.6 Å². The molecule has 25 heavy (non-hydrogen) atoms. The van der Waals surface area contributed by atoms with Crippen molar-refractivity contribution < 1.29 is 9.47 Å². The second kappa shape index (κ2) is 8.56. The number of guanidine groups is 1. The predicted molar refractivity (Wildman–Crippen MR) is 101 cm³/mol. The van der Waals surface area contributed by atoms with Crippen molar-refractivity contribution in [2.24, 2.45) is 10.9 Å². The van der Waals surface area contributed by atoms with Gasteiger partial charge in [0.25, 0.3) is 0 Å². The number of aryl methyl sites for hydroxylation is 1. The largest absolute Gasteiger partial charge is 0.488 e. The number of ether oxygens (including phenoxy) is 2. The van der Waals surface area contributed by atoms with E-state index in [1.807, 2.05) is 7.05 Å². The molecule has 0 bridgehead atoms. The molecule has 0 spiro atoms. The Morgan fingerprint density at radius 1 is 1.40 bits per heavy atom. The van der Waals surface area contributed by atoms with Crippen LogP contribution in [-0.4, -0.2) is 38.4 Å². The molecule has 1 aromatic carbocycles. The molecular formula is C20H31N3O2. The molecule has 1 saturated heterocycles. The minimum atomic E-state index is 0.166. The van der Waals surface area contributed by atoms with Gasteiger partial charge >= 0.3 is 0 Å². The fourth-order valence-corrected chi connectivity index (χ4v) is 3.37. The fourth-order valence-electron chi connectivity index (χ4n) is 3.37. The van der Waals surface area contributed by atoms with E-state index in [2.05, 4.69) is 47.7 Å². The van der Waals surface area contributed by atoms with Gasteiger partial charge in [0.05, 0.1) is 13.2 Å². The van der Waals surface area contributed by atoms with E-state index in [4.69, 9.17) is 9.47 Å². The molecule has 2 N–H and O–H groups in total. The van der Waals surface area contributed by atoms with E-state index in [0.717, 1.165) is 36.2 Å². The summed E-state index contributed by atoms with van der Waals surface area (Å²) in [6.45, 7) is 6.52. The third-order valence-electron chi connectivity index (χ3n) is 4.98. The molecule has 5 nitrogen and oxygen atoms in total. The average molecular weight is 345 g/mol. The summed E-state index contributed by atoms with van der Waals surface area (Å²) in [4.78, 5) is 4.36. The molecule has 2 fully saturated rings. The van der Waals surface area contributed by atoms with E-state index >= 15 is 0 Å². The first-order valence-corrected chi connectivity index (χ1v) is 9.50. The number of hydrogen-bond donors (Lipinski definition) is 2. The first-order chi connectivity index (χ1) is 12.2. The quantitative estimate of drug-likeness (QED) is 0.589. The molecule has 3 atom stereocenters. The Balaban J connectivity index is 1.56. The molecule has 138 valence electrons. The van der Waals surface area contributed by atoms with Crippen molar-refractivity contribution in [3.63, 3.8) is 0 Å². The van der Waals surface area contributed by atoms with Crippen molar-refractivity contribution in [1.82, 2.24) is 10.6 Å². The minimum absolute atomic E-state index is 0.166. The Labute approximate surface area is 151 Å². The van der Waals surface area contributed by atoms with E-state index in [0.29, 0.717) is 19.2 Å². The fraction of sp³-hybridized carbons (Fsp3) is 0.650. The zero-order valence-corrected chi connectivity index (χ0v) is 15.7. The third-order valence-corrected chi connectivity index (χ3v) is 4.98. The van der Waals surface area contributed by atoms with Gasteiger partial charge in [-0.2, -0.15) is 0 Å². The normalized spacial score (nSPS) is 25.7. The summed E-state index contributed by atoms with van der Waals surface area (Å²) in [5, 5.41) is 6.96. The molecule has 1 saturated carbocycles. The lowest BCUT2D eigenvalue weighted by Crippen LogP contribution is -2.38. The van der Waals surface area contributed by atoms with Crippen LogP contribution >= 0.6 is 0 Å². The summed E-state index contributed by atoms with van der Waals surface area (Å²) in [6.07, 6.45) is 4.94. The highest BCUT2D eigenvalue weighted by Gasteiger charge is 2.36. The van der Waals surface area contributed by atoms with E-state index in [9.17, 15) is 0 Å². The van der Waals surface area contributed by atoms with Crippen molar-refractivity contribution in [2.45, 2.75) is 58.2 Å². The van der Waals surface area contributed by atoms with Crippen LogP contribution in [0.15, 0.2) is 23.2 Å². The van der Waals surface area contributed by atoms with Gasteiger partial charge in [0.15, 0.2) is 5.96 Å². The van der Waals surface area contributed by atoms with Gasteiger partial charge in [-0.3, -0.25) is 4.99 Å². The Kier molecular flexibility index (Phi) is 6.19. The number of nitrogens with one attached hydrogen (secondary N) is 2. The highest BCUT2D eigenvalue weighted by molar-refractivity contribution is 5.80. The van der Waals surface area contributed by atoms with Gasteiger partial charge in [-0.15, -0.1) is 0 Å². The van der Waals surface area contributed by atoms with Crippen LogP contribution < -0.4 is 15.4 Å². The molecule has 3 rings (SSSR count). The number of nitrogens with zero attached hydrogens (tertiary/aromatic N) is 1. The van der Waals surface area contributed by atoms with Gasteiger partial charge in [-0.05, 0) is 37.3 Å². The molecule has 3 unspecified atom stereocenters. The topological polar surface area (TPSA) is 54.9 Å². The molecule has 0 aromatic heterocycles. The van der Waals surface area contributed by atoms with Gasteiger partial charge < -0.3 is 20.1 Å². The zero-order chi connectivity index (χ0) is 17.6. The summed E-state index contributed by atoms with van der Waals surface area (Å²) in [5.74, 6) is 2.64. The molecule has 0 radical (unpaired) electrons. The van der Waals surface area contributed by atoms with Crippen molar-refractivity contribution in [2.75, 3.05) is 20.3 Å². The van der Waals surface area contributed by atoms with E-state index < -0.39 is 0 Å². The van der Waals surface area contributed by atoms with Crippen LogP contribution in [0.4, 0.5) is 0 Å². The van der Waals surface area contributed by atoms with Gasteiger partial charge in [-0.25, -0.2) is 0 Å².